The van der Waals surface area contributed by atoms with Crippen molar-refractivity contribution in [2.45, 2.75) is 31.9 Å². The van der Waals surface area contributed by atoms with Gasteiger partial charge in [0.1, 0.15) is 0 Å². The van der Waals surface area contributed by atoms with Crippen LogP contribution < -0.4 is 16.0 Å². The van der Waals surface area contributed by atoms with Crippen molar-refractivity contribution in [1.29, 1.82) is 0 Å². The summed E-state index contributed by atoms with van der Waals surface area (Å²) in [5.74, 6) is -0.00700. The van der Waals surface area contributed by atoms with Gasteiger partial charge in [-0.2, -0.15) is 0 Å². The molecule has 0 saturated heterocycles. The Balaban J connectivity index is 0.00000242. The molecule has 2 atom stereocenters. The molecule has 0 aromatic heterocycles. The predicted molar refractivity (Wildman–Crippen MR) is 98.9 cm³/mol. The molecule has 2 unspecified atom stereocenters. The number of nitrogens with one attached hydrogen (secondary N) is 1. The lowest BCUT2D eigenvalue weighted by molar-refractivity contribution is -0.123. The van der Waals surface area contributed by atoms with Gasteiger partial charge < -0.3 is 20.7 Å². The Hall–Kier alpha value is -1.01. The number of anilines is 1. The fourth-order valence-electron chi connectivity index (χ4n) is 2.83. The van der Waals surface area contributed by atoms with E-state index in [9.17, 15) is 4.79 Å². The first-order valence-electron chi connectivity index (χ1n) is 7.49. The second-order valence-electron chi connectivity index (χ2n) is 5.52. The summed E-state index contributed by atoms with van der Waals surface area (Å²) >= 11 is 0. The van der Waals surface area contributed by atoms with Crippen molar-refractivity contribution in [3.63, 3.8) is 0 Å². The van der Waals surface area contributed by atoms with Gasteiger partial charge in [-0.1, -0.05) is 18.2 Å². The van der Waals surface area contributed by atoms with E-state index in [0.717, 1.165) is 13.0 Å². The number of halogens is 2. The van der Waals surface area contributed by atoms with E-state index in [2.05, 4.69) is 41.4 Å². The van der Waals surface area contributed by atoms with Gasteiger partial charge in [-0.15, -0.1) is 24.8 Å². The third kappa shape index (κ3) is 5.84. The third-order valence-electron chi connectivity index (χ3n) is 4.03. The van der Waals surface area contributed by atoms with Crippen LogP contribution in [0.5, 0.6) is 0 Å². The van der Waals surface area contributed by atoms with Gasteiger partial charge in [0.2, 0.25) is 5.91 Å². The molecule has 0 spiro atoms. The van der Waals surface area contributed by atoms with Crippen molar-refractivity contribution < 1.29 is 9.53 Å². The van der Waals surface area contributed by atoms with Crippen molar-refractivity contribution in [3.8, 4) is 0 Å². The number of hydrogen-bond acceptors (Lipinski definition) is 4. The summed E-state index contributed by atoms with van der Waals surface area (Å²) in [5, 5.41) is 2.94. The Morgan fingerprint density at radius 3 is 2.78 bits per heavy atom. The van der Waals surface area contributed by atoms with Crippen molar-refractivity contribution in [2.75, 3.05) is 31.6 Å². The summed E-state index contributed by atoms with van der Waals surface area (Å²) in [6.45, 7) is 4.04. The SMILES string of the molecule is COC(CN)CC(=O)NCCN1c2ccccc2CC1C.Cl.Cl. The van der Waals surface area contributed by atoms with E-state index in [0.29, 0.717) is 25.6 Å². The molecule has 5 nitrogen and oxygen atoms in total. The second kappa shape index (κ2) is 10.7. The van der Waals surface area contributed by atoms with E-state index in [1.165, 1.54) is 11.3 Å². The first-order chi connectivity index (χ1) is 10.2. The van der Waals surface area contributed by atoms with Gasteiger partial charge >= 0.3 is 0 Å². The van der Waals surface area contributed by atoms with Crippen molar-refractivity contribution in [2.24, 2.45) is 5.73 Å². The van der Waals surface area contributed by atoms with Crippen molar-refractivity contribution in [1.82, 2.24) is 5.32 Å². The summed E-state index contributed by atoms with van der Waals surface area (Å²) in [6.07, 6.45) is 1.19. The van der Waals surface area contributed by atoms with Crippen LogP contribution in [0.1, 0.15) is 18.9 Å². The highest BCUT2D eigenvalue weighted by molar-refractivity contribution is 5.85. The largest absolute Gasteiger partial charge is 0.380 e. The average Bonchev–Trinajstić information content (AvgIpc) is 2.81. The Bertz CT molecular complexity index is 484. The highest BCUT2D eigenvalue weighted by atomic mass is 35.5. The number of nitrogens with two attached hydrogens (primary N) is 1. The van der Waals surface area contributed by atoms with E-state index in [1.807, 2.05) is 0 Å². The number of para-hydroxylation sites is 1. The normalized spacial score (nSPS) is 16.8. The summed E-state index contributed by atoms with van der Waals surface area (Å²) < 4.78 is 5.12. The predicted octanol–water partition coefficient (Wildman–Crippen LogP) is 1.76. The second-order valence-corrected chi connectivity index (χ2v) is 5.52. The maximum atomic E-state index is 11.8. The molecule has 1 aliphatic heterocycles. The number of carbonyl (C=O) groups is 1. The number of fused-ring (bicyclic) bond motifs is 1. The molecule has 2 rings (SSSR count). The zero-order valence-corrected chi connectivity index (χ0v) is 15.3. The number of hydrogen-bond donors (Lipinski definition) is 2. The number of rotatable bonds is 7. The number of carbonyl (C=O) groups excluding carboxylic acids is 1. The molecule has 0 bridgehead atoms. The molecule has 1 amide bonds. The minimum absolute atomic E-state index is 0. The Labute approximate surface area is 150 Å². The highest BCUT2D eigenvalue weighted by Crippen LogP contribution is 2.31. The zero-order chi connectivity index (χ0) is 15.2. The molecule has 132 valence electrons. The Morgan fingerprint density at radius 2 is 2.13 bits per heavy atom. The van der Waals surface area contributed by atoms with E-state index in [-0.39, 0.29) is 36.8 Å². The molecule has 3 N–H and O–H groups in total. The number of benzene rings is 1. The maximum absolute atomic E-state index is 11.8. The zero-order valence-electron chi connectivity index (χ0n) is 13.7. The van der Waals surface area contributed by atoms with E-state index >= 15 is 0 Å². The van der Waals surface area contributed by atoms with Crippen LogP contribution in [0.4, 0.5) is 5.69 Å². The van der Waals surface area contributed by atoms with Gasteiger partial charge in [0.15, 0.2) is 0 Å². The fourth-order valence-corrected chi connectivity index (χ4v) is 2.83. The smallest absolute Gasteiger partial charge is 0.222 e. The minimum Gasteiger partial charge on any atom is -0.380 e. The van der Waals surface area contributed by atoms with Crippen LogP contribution in [0.2, 0.25) is 0 Å². The first-order valence-corrected chi connectivity index (χ1v) is 7.49. The lowest BCUT2D eigenvalue weighted by atomic mass is 10.1. The van der Waals surface area contributed by atoms with Crippen LogP contribution in [0.3, 0.4) is 0 Å². The summed E-state index contributed by atoms with van der Waals surface area (Å²) in [6, 6.07) is 8.95. The van der Waals surface area contributed by atoms with Gasteiger partial charge in [-0.25, -0.2) is 0 Å². The summed E-state index contributed by atoms with van der Waals surface area (Å²) in [5.41, 5.74) is 8.19. The Kier molecular flexibility index (Phi) is 10.2. The van der Waals surface area contributed by atoms with Crippen molar-refractivity contribution >= 4 is 36.4 Å². The summed E-state index contributed by atoms with van der Waals surface area (Å²) in [7, 11) is 1.58. The Morgan fingerprint density at radius 1 is 1.43 bits per heavy atom. The monoisotopic (exact) mass is 363 g/mol. The highest BCUT2D eigenvalue weighted by Gasteiger charge is 2.24. The van der Waals surface area contributed by atoms with Crippen molar-refractivity contribution in [3.05, 3.63) is 29.8 Å². The van der Waals surface area contributed by atoms with Crippen LogP contribution in [0, 0.1) is 0 Å². The van der Waals surface area contributed by atoms with Crippen LogP contribution in [0.25, 0.3) is 0 Å². The van der Waals surface area contributed by atoms with E-state index in [4.69, 9.17) is 10.5 Å². The molecule has 0 saturated carbocycles. The molecule has 0 radical (unpaired) electrons. The van der Waals surface area contributed by atoms with Gasteiger partial charge in [0, 0.05) is 38.5 Å². The molecular formula is C16H27Cl2N3O2. The van der Waals surface area contributed by atoms with Crippen LogP contribution in [0.15, 0.2) is 24.3 Å². The van der Waals surface area contributed by atoms with E-state index < -0.39 is 0 Å². The molecule has 0 fully saturated rings. The van der Waals surface area contributed by atoms with Gasteiger partial charge in [-0.05, 0) is 25.0 Å². The number of ether oxygens (including phenoxy) is 1. The molecule has 1 aliphatic rings. The topological polar surface area (TPSA) is 67.6 Å². The molecule has 0 aliphatic carbocycles. The van der Waals surface area contributed by atoms with Gasteiger partial charge in [0.25, 0.3) is 0 Å². The van der Waals surface area contributed by atoms with Gasteiger partial charge in [0.05, 0.1) is 12.5 Å². The van der Waals surface area contributed by atoms with E-state index in [1.54, 1.807) is 7.11 Å². The molecular weight excluding hydrogens is 337 g/mol. The van der Waals surface area contributed by atoms with Crippen LogP contribution in [-0.4, -0.2) is 44.8 Å². The molecule has 1 heterocycles. The fraction of sp³-hybridized carbons (Fsp3) is 0.562. The molecule has 23 heavy (non-hydrogen) atoms. The average molecular weight is 364 g/mol. The third-order valence-corrected chi connectivity index (χ3v) is 4.03. The number of amides is 1. The molecule has 1 aromatic rings. The minimum atomic E-state index is -0.198. The van der Waals surface area contributed by atoms with Gasteiger partial charge in [-0.3, -0.25) is 4.79 Å². The lowest BCUT2D eigenvalue weighted by Crippen LogP contribution is -2.39. The lowest BCUT2D eigenvalue weighted by Gasteiger charge is -2.25. The first kappa shape index (κ1) is 22.0. The number of nitrogens with zero attached hydrogens (tertiary/aromatic N) is 1. The molecule has 1 aromatic carbocycles. The number of methoxy groups -OCH3 is 1. The molecule has 7 heteroatoms. The van der Waals surface area contributed by atoms with Crippen LogP contribution in [-0.2, 0) is 16.0 Å². The van der Waals surface area contributed by atoms with Crippen LogP contribution >= 0.6 is 24.8 Å². The maximum Gasteiger partial charge on any atom is 0.222 e. The summed E-state index contributed by atoms with van der Waals surface area (Å²) in [4.78, 5) is 14.2. The quantitative estimate of drug-likeness (QED) is 0.774. The standard InChI is InChI=1S/C16H25N3O2.2ClH/c1-12-9-13-5-3-4-6-15(13)19(12)8-7-18-16(20)10-14(11-17)21-2;;/h3-6,12,14H,7-11,17H2,1-2H3,(H,18,20);2*1H.